The number of primary amides is 1. The van der Waals surface area contributed by atoms with Gasteiger partial charge in [0.25, 0.3) is 17.7 Å². The van der Waals surface area contributed by atoms with Gasteiger partial charge in [-0.2, -0.15) is 0 Å². The molecule has 1 fully saturated rings. The van der Waals surface area contributed by atoms with Crippen LogP contribution in [0.2, 0.25) is 5.02 Å². The highest BCUT2D eigenvalue weighted by molar-refractivity contribution is 6.34. The zero-order chi connectivity index (χ0) is 25.8. The maximum absolute atomic E-state index is 13.2. The summed E-state index contributed by atoms with van der Waals surface area (Å²) in [7, 11) is 2.03. The van der Waals surface area contributed by atoms with E-state index >= 15 is 0 Å². The summed E-state index contributed by atoms with van der Waals surface area (Å²) in [6.07, 6.45) is 4.59. The van der Waals surface area contributed by atoms with E-state index in [1.165, 1.54) is 17.0 Å². The number of carbonyl (C=O) groups excluding carboxylic acids is 3. The van der Waals surface area contributed by atoms with Crippen molar-refractivity contribution in [2.45, 2.75) is 25.3 Å². The van der Waals surface area contributed by atoms with Crippen LogP contribution in [-0.2, 0) is 0 Å². The van der Waals surface area contributed by atoms with Crippen LogP contribution in [0, 0.1) is 5.82 Å². The van der Waals surface area contributed by atoms with Gasteiger partial charge in [0, 0.05) is 24.0 Å². The number of anilines is 1. The van der Waals surface area contributed by atoms with Crippen LogP contribution < -0.4 is 16.4 Å². The Kier molecular flexibility index (Phi) is 7.66. The molecule has 188 valence electrons. The van der Waals surface area contributed by atoms with Crippen LogP contribution >= 0.6 is 11.6 Å². The molecule has 4 N–H and O–H groups in total. The molecule has 3 aromatic rings. The first-order valence-electron chi connectivity index (χ1n) is 11.5. The number of nitrogens with one attached hydrogen (secondary N) is 2. The maximum atomic E-state index is 13.2. The van der Waals surface area contributed by atoms with E-state index < -0.39 is 23.5 Å². The smallest absolute Gasteiger partial charge is 0.272 e. The predicted octanol–water partition coefficient (Wildman–Crippen LogP) is 3.23. The largest absolute Gasteiger partial charge is 0.364 e. The van der Waals surface area contributed by atoms with Crippen molar-refractivity contribution in [2.24, 2.45) is 5.73 Å². The number of nitrogens with zero attached hydrogens (tertiary/aromatic N) is 3. The number of rotatable bonds is 7. The van der Waals surface area contributed by atoms with E-state index in [4.69, 9.17) is 17.3 Å². The topological polar surface area (TPSA) is 122 Å². The molecule has 1 atom stereocenters. The fourth-order valence-electron chi connectivity index (χ4n) is 4.22. The Bertz CT molecular complexity index is 1290. The standard InChI is InChI=1S/C25H26ClFN6O3/c1-32-11-3-2-4-18(32)13-29-25(36)21-22(23(28)34)33(14-30-21)17-8-6-16(7-9-17)31-24(35)19-10-5-15(27)12-20(19)26/h5-10,12,14,18H,2-4,11,13H2,1H3,(H2,28,34)(H,29,36)(H,31,35). The van der Waals surface area contributed by atoms with Crippen molar-refractivity contribution in [3.8, 4) is 5.69 Å². The predicted molar refractivity (Wildman–Crippen MR) is 134 cm³/mol. The average Bonchev–Trinajstić information content (AvgIpc) is 3.29. The van der Waals surface area contributed by atoms with Crippen molar-refractivity contribution in [1.29, 1.82) is 0 Å². The van der Waals surface area contributed by atoms with E-state index in [2.05, 4.69) is 20.5 Å². The number of likely N-dealkylation sites (tertiary alicyclic amines) is 1. The SMILES string of the molecule is CN1CCCCC1CNC(=O)c1ncn(-c2ccc(NC(=O)c3ccc(F)cc3Cl)cc2)c1C(N)=O. The van der Waals surface area contributed by atoms with Gasteiger partial charge in [0.2, 0.25) is 0 Å². The minimum atomic E-state index is -0.796. The van der Waals surface area contributed by atoms with Gasteiger partial charge in [0.05, 0.1) is 10.6 Å². The number of likely N-dealkylation sites (N-methyl/N-ethyl adjacent to an activating group) is 1. The molecule has 2 heterocycles. The Labute approximate surface area is 212 Å². The van der Waals surface area contributed by atoms with Crippen LogP contribution in [0.25, 0.3) is 5.69 Å². The van der Waals surface area contributed by atoms with Crippen LogP contribution in [0.3, 0.4) is 0 Å². The molecule has 11 heteroatoms. The van der Waals surface area contributed by atoms with E-state index in [0.717, 1.165) is 37.9 Å². The number of carbonyl (C=O) groups is 3. The van der Waals surface area contributed by atoms with Crippen LogP contribution in [-0.4, -0.2) is 58.4 Å². The molecule has 4 rings (SSSR count). The van der Waals surface area contributed by atoms with Gasteiger partial charge in [-0.05, 0) is 68.9 Å². The van der Waals surface area contributed by atoms with E-state index in [0.29, 0.717) is 17.9 Å². The van der Waals surface area contributed by atoms with Crippen molar-refractivity contribution in [2.75, 3.05) is 25.5 Å². The number of nitrogens with two attached hydrogens (primary N) is 1. The quantitative estimate of drug-likeness (QED) is 0.448. The van der Waals surface area contributed by atoms with Gasteiger partial charge < -0.3 is 21.3 Å². The third-order valence-electron chi connectivity index (χ3n) is 6.21. The van der Waals surface area contributed by atoms with E-state index in [1.807, 2.05) is 7.05 Å². The van der Waals surface area contributed by atoms with Gasteiger partial charge in [-0.3, -0.25) is 19.0 Å². The number of hydrogen-bond donors (Lipinski definition) is 3. The number of piperidine rings is 1. The number of benzene rings is 2. The second kappa shape index (κ2) is 10.9. The lowest BCUT2D eigenvalue weighted by atomic mass is 10.0. The molecule has 0 bridgehead atoms. The number of aromatic nitrogens is 2. The monoisotopic (exact) mass is 512 g/mol. The summed E-state index contributed by atoms with van der Waals surface area (Å²) < 4.78 is 14.7. The molecular weight excluding hydrogens is 487 g/mol. The molecule has 0 aliphatic carbocycles. The van der Waals surface area contributed by atoms with Crippen LogP contribution in [0.15, 0.2) is 48.8 Å². The molecule has 0 radical (unpaired) electrons. The van der Waals surface area contributed by atoms with Crippen molar-refractivity contribution in [3.63, 3.8) is 0 Å². The maximum Gasteiger partial charge on any atom is 0.272 e. The molecule has 0 spiro atoms. The lowest BCUT2D eigenvalue weighted by Crippen LogP contribution is -2.44. The summed E-state index contributed by atoms with van der Waals surface area (Å²) in [6.45, 7) is 1.43. The van der Waals surface area contributed by atoms with Gasteiger partial charge in [-0.25, -0.2) is 9.37 Å². The summed E-state index contributed by atoms with van der Waals surface area (Å²) in [6, 6.07) is 10.2. The summed E-state index contributed by atoms with van der Waals surface area (Å²) in [4.78, 5) is 43.9. The third kappa shape index (κ3) is 5.55. The Morgan fingerprint density at radius 3 is 2.56 bits per heavy atom. The zero-order valence-electron chi connectivity index (χ0n) is 19.6. The minimum absolute atomic E-state index is 0.00502. The Balaban J connectivity index is 1.48. The lowest BCUT2D eigenvalue weighted by molar-refractivity contribution is 0.0909. The number of amides is 3. The second-order valence-electron chi connectivity index (χ2n) is 8.64. The fraction of sp³-hybridized carbons (Fsp3) is 0.280. The molecule has 2 aromatic carbocycles. The van der Waals surface area contributed by atoms with Crippen LogP contribution in [0.1, 0.15) is 50.6 Å². The summed E-state index contributed by atoms with van der Waals surface area (Å²) in [5, 5.41) is 5.54. The van der Waals surface area contributed by atoms with E-state index in [1.54, 1.807) is 24.3 Å². The Hall–Kier alpha value is -3.76. The van der Waals surface area contributed by atoms with Crippen molar-refractivity contribution >= 4 is 35.0 Å². The average molecular weight is 513 g/mol. The first kappa shape index (κ1) is 25.3. The molecule has 1 unspecified atom stereocenters. The molecule has 0 saturated carbocycles. The first-order chi connectivity index (χ1) is 17.2. The van der Waals surface area contributed by atoms with Gasteiger partial charge in [0.1, 0.15) is 17.8 Å². The minimum Gasteiger partial charge on any atom is -0.364 e. The normalized spacial score (nSPS) is 15.9. The molecule has 1 aliphatic heterocycles. The van der Waals surface area contributed by atoms with E-state index in [-0.39, 0.29) is 28.0 Å². The molecule has 3 amide bonds. The summed E-state index contributed by atoms with van der Waals surface area (Å²) in [5.41, 5.74) is 6.59. The highest BCUT2D eigenvalue weighted by atomic mass is 35.5. The third-order valence-corrected chi connectivity index (χ3v) is 6.53. The van der Waals surface area contributed by atoms with Crippen molar-refractivity contribution < 1.29 is 18.8 Å². The van der Waals surface area contributed by atoms with Gasteiger partial charge in [-0.1, -0.05) is 18.0 Å². The number of imidazole rings is 1. The zero-order valence-corrected chi connectivity index (χ0v) is 20.4. The summed E-state index contributed by atoms with van der Waals surface area (Å²) >= 11 is 5.95. The Morgan fingerprint density at radius 2 is 1.89 bits per heavy atom. The Morgan fingerprint density at radius 1 is 1.14 bits per heavy atom. The molecule has 1 aromatic heterocycles. The van der Waals surface area contributed by atoms with Gasteiger partial charge in [-0.15, -0.1) is 0 Å². The highest BCUT2D eigenvalue weighted by Crippen LogP contribution is 2.21. The number of hydrogen-bond acceptors (Lipinski definition) is 5. The van der Waals surface area contributed by atoms with Crippen LogP contribution in [0.4, 0.5) is 10.1 Å². The molecule has 9 nitrogen and oxygen atoms in total. The summed E-state index contributed by atoms with van der Waals surface area (Å²) in [5.74, 6) is -2.31. The number of halogens is 2. The van der Waals surface area contributed by atoms with Gasteiger partial charge in [0.15, 0.2) is 5.69 Å². The van der Waals surface area contributed by atoms with E-state index in [9.17, 15) is 18.8 Å². The molecule has 1 saturated heterocycles. The second-order valence-corrected chi connectivity index (χ2v) is 9.05. The van der Waals surface area contributed by atoms with Crippen molar-refractivity contribution in [3.05, 3.63) is 76.6 Å². The van der Waals surface area contributed by atoms with Crippen LogP contribution in [0.5, 0.6) is 0 Å². The highest BCUT2D eigenvalue weighted by Gasteiger charge is 2.25. The first-order valence-corrected chi connectivity index (χ1v) is 11.8. The molecule has 1 aliphatic rings. The van der Waals surface area contributed by atoms with Crippen molar-refractivity contribution in [1.82, 2.24) is 19.8 Å². The van der Waals surface area contributed by atoms with Gasteiger partial charge >= 0.3 is 0 Å². The molecular formula is C25H26ClFN6O3. The fourth-order valence-corrected chi connectivity index (χ4v) is 4.47. The lowest BCUT2D eigenvalue weighted by Gasteiger charge is -2.32. The molecule has 36 heavy (non-hydrogen) atoms.